The molecule has 0 aliphatic carbocycles. The van der Waals surface area contributed by atoms with Crippen LogP contribution in [0.4, 0.5) is 11.4 Å². The van der Waals surface area contributed by atoms with Gasteiger partial charge in [0.05, 0.1) is 0 Å². The smallest absolute Gasteiger partial charge is 0.0352 e. The molecule has 0 bridgehead atoms. The lowest BCUT2D eigenvalue weighted by Crippen LogP contribution is -1.96. The van der Waals surface area contributed by atoms with Crippen molar-refractivity contribution < 1.29 is 0 Å². The molecule has 0 atom stereocenters. The first-order valence-corrected chi connectivity index (χ1v) is 9.28. The second kappa shape index (κ2) is 9.44. The Balaban J connectivity index is 1.73. The van der Waals surface area contributed by atoms with Crippen molar-refractivity contribution in [1.82, 2.24) is 0 Å². The topological polar surface area (TPSA) is 52.0 Å². The van der Waals surface area contributed by atoms with E-state index in [0.717, 1.165) is 17.8 Å². The first-order valence-electron chi connectivity index (χ1n) is 9.28. The number of benzene rings is 2. The summed E-state index contributed by atoms with van der Waals surface area (Å²) in [6.45, 7) is 2.27. The molecule has 126 valence electrons. The molecule has 0 amide bonds. The first kappa shape index (κ1) is 17.7. The van der Waals surface area contributed by atoms with Crippen molar-refractivity contribution in [2.45, 2.75) is 71.1 Å². The molecular weight excluding hydrogens is 280 g/mol. The number of hydrogen-bond acceptors (Lipinski definition) is 2. The second-order valence-corrected chi connectivity index (χ2v) is 6.74. The molecule has 2 aromatic carbocycles. The molecule has 0 radical (unpaired) electrons. The number of aryl methyl sites for hydroxylation is 1. The highest BCUT2D eigenvalue weighted by molar-refractivity contribution is 5.89. The molecule has 0 unspecified atom stereocenters. The van der Waals surface area contributed by atoms with Gasteiger partial charge in [0.15, 0.2) is 0 Å². The summed E-state index contributed by atoms with van der Waals surface area (Å²) in [6, 6.07) is 10.3. The highest BCUT2D eigenvalue weighted by Gasteiger charge is 2.03. The molecule has 2 rings (SSSR count). The zero-order valence-corrected chi connectivity index (χ0v) is 14.6. The maximum absolute atomic E-state index is 6.20. The van der Waals surface area contributed by atoms with Crippen molar-refractivity contribution in [3.05, 3.63) is 35.9 Å². The Morgan fingerprint density at radius 3 is 2.04 bits per heavy atom. The Kier molecular flexibility index (Phi) is 7.25. The zero-order valence-electron chi connectivity index (χ0n) is 14.6. The van der Waals surface area contributed by atoms with Crippen molar-refractivity contribution in [1.29, 1.82) is 0 Å². The third kappa shape index (κ3) is 5.78. The Bertz CT molecular complexity index is 604. The third-order valence-electron chi connectivity index (χ3n) is 4.67. The van der Waals surface area contributed by atoms with Crippen LogP contribution >= 0.6 is 0 Å². The molecule has 2 heteroatoms. The summed E-state index contributed by atoms with van der Waals surface area (Å²) >= 11 is 0. The molecule has 4 N–H and O–H groups in total. The van der Waals surface area contributed by atoms with Gasteiger partial charge in [0.1, 0.15) is 0 Å². The summed E-state index contributed by atoms with van der Waals surface area (Å²) in [5.41, 5.74) is 15.1. The number of nitrogen functional groups attached to an aromatic ring is 2. The van der Waals surface area contributed by atoms with Crippen LogP contribution in [0.3, 0.4) is 0 Å². The van der Waals surface area contributed by atoms with Crippen molar-refractivity contribution in [2.24, 2.45) is 0 Å². The molecule has 0 saturated carbocycles. The number of anilines is 2. The van der Waals surface area contributed by atoms with Gasteiger partial charge in [-0.2, -0.15) is 0 Å². The van der Waals surface area contributed by atoms with Crippen LogP contribution in [0.2, 0.25) is 0 Å². The van der Waals surface area contributed by atoms with Gasteiger partial charge in [0.2, 0.25) is 0 Å². The van der Waals surface area contributed by atoms with Gasteiger partial charge in [-0.05, 0) is 53.4 Å². The fourth-order valence-corrected chi connectivity index (χ4v) is 3.22. The molecule has 0 fully saturated rings. The zero-order chi connectivity index (χ0) is 16.5. The minimum Gasteiger partial charge on any atom is -0.399 e. The summed E-state index contributed by atoms with van der Waals surface area (Å²) in [5.74, 6) is 0. The van der Waals surface area contributed by atoms with Gasteiger partial charge in [-0.25, -0.2) is 0 Å². The normalized spacial score (nSPS) is 11.2. The van der Waals surface area contributed by atoms with Gasteiger partial charge >= 0.3 is 0 Å². The molecule has 0 heterocycles. The van der Waals surface area contributed by atoms with Crippen LogP contribution in [0.1, 0.15) is 70.3 Å². The highest BCUT2D eigenvalue weighted by atomic mass is 14.6. The molecule has 0 aliphatic rings. The van der Waals surface area contributed by atoms with E-state index in [-0.39, 0.29) is 0 Å². The molecule has 0 aliphatic heterocycles. The summed E-state index contributed by atoms with van der Waals surface area (Å²) in [5, 5.41) is 2.37. The SMILES string of the molecule is CCCCCCCCCCCc1cc2cc(N)ccc2cc1N. The van der Waals surface area contributed by atoms with Crippen LogP contribution in [0.25, 0.3) is 10.8 Å². The lowest BCUT2D eigenvalue weighted by molar-refractivity contribution is 0.565. The van der Waals surface area contributed by atoms with E-state index in [4.69, 9.17) is 11.5 Å². The number of nitrogens with two attached hydrogens (primary N) is 2. The van der Waals surface area contributed by atoms with Crippen molar-refractivity contribution in [2.75, 3.05) is 11.5 Å². The number of hydrogen-bond donors (Lipinski definition) is 2. The van der Waals surface area contributed by atoms with Crippen LogP contribution in [0.5, 0.6) is 0 Å². The van der Waals surface area contributed by atoms with Crippen LogP contribution in [-0.4, -0.2) is 0 Å². The van der Waals surface area contributed by atoms with E-state index >= 15 is 0 Å². The van der Waals surface area contributed by atoms with E-state index < -0.39 is 0 Å². The van der Waals surface area contributed by atoms with E-state index in [0.29, 0.717) is 0 Å². The molecule has 0 aromatic heterocycles. The largest absolute Gasteiger partial charge is 0.399 e. The van der Waals surface area contributed by atoms with Gasteiger partial charge in [-0.3, -0.25) is 0 Å². The van der Waals surface area contributed by atoms with Crippen LogP contribution in [-0.2, 0) is 6.42 Å². The average Bonchev–Trinajstić information content (AvgIpc) is 2.54. The van der Waals surface area contributed by atoms with Crippen LogP contribution in [0.15, 0.2) is 30.3 Å². The van der Waals surface area contributed by atoms with Crippen molar-refractivity contribution >= 4 is 22.1 Å². The molecule has 23 heavy (non-hydrogen) atoms. The van der Waals surface area contributed by atoms with Gasteiger partial charge in [-0.15, -0.1) is 0 Å². The Labute approximate surface area is 141 Å². The molecule has 2 nitrogen and oxygen atoms in total. The number of unbranched alkanes of at least 4 members (excludes halogenated alkanes) is 8. The minimum atomic E-state index is 0.816. The predicted octanol–water partition coefficient (Wildman–Crippen LogP) is 6.08. The van der Waals surface area contributed by atoms with Crippen LogP contribution in [0, 0.1) is 0 Å². The summed E-state index contributed by atoms with van der Waals surface area (Å²) in [7, 11) is 0. The maximum atomic E-state index is 6.20. The lowest BCUT2D eigenvalue weighted by atomic mass is 9.99. The number of rotatable bonds is 10. The quantitative estimate of drug-likeness (QED) is 0.413. The number of fused-ring (bicyclic) bond motifs is 1. The monoisotopic (exact) mass is 312 g/mol. The van der Waals surface area contributed by atoms with E-state index in [1.807, 2.05) is 18.2 Å². The summed E-state index contributed by atoms with van der Waals surface area (Å²) in [6.07, 6.45) is 13.3. The van der Waals surface area contributed by atoms with Gasteiger partial charge < -0.3 is 11.5 Å². The third-order valence-corrected chi connectivity index (χ3v) is 4.67. The van der Waals surface area contributed by atoms with E-state index in [1.165, 1.54) is 74.1 Å². The maximum Gasteiger partial charge on any atom is 0.0352 e. The molecule has 2 aromatic rings. The van der Waals surface area contributed by atoms with E-state index in [1.54, 1.807) is 0 Å². The van der Waals surface area contributed by atoms with E-state index in [9.17, 15) is 0 Å². The average molecular weight is 313 g/mol. The molecule has 0 spiro atoms. The summed E-state index contributed by atoms with van der Waals surface area (Å²) < 4.78 is 0. The predicted molar refractivity (Wildman–Crippen MR) is 104 cm³/mol. The van der Waals surface area contributed by atoms with Gasteiger partial charge in [0.25, 0.3) is 0 Å². The highest BCUT2D eigenvalue weighted by Crippen LogP contribution is 2.25. The standard InChI is InChI=1S/C21H32N2/c1-2-3-4-5-6-7-8-9-10-11-18-14-19-15-20(22)13-12-17(19)16-21(18)23/h12-16H,2-11,22-23H2,1H3. The minimum absolute atomic E-state index is 0.816. The van der Waals surface area contributed by atoms with Crippen LogP contribution < -0.4 is 11.5 Å². The Hall–Kier alpha value is -1.70. The molecule has 0 saturated heterocycles. The summed E-state index contributed by atoms with van der Waals surface area (Å²) in [4.78, 5) is 0. The van der Waals surface area contributed by atoms with Crippen molar-refractivity contribution in [3.8, 4) is 0 Å². The Morgan fingerprint density at radius 1 is 0.696 bits per heavy atom. The first-order chi connectivity index (χ1) is 11.2. The fourth-order valence-electron chi connectivity index (χ4n) is 3.22. The van der Waals surface area contributed by atoms with E-state index in [2.05, 4.69) is 19.1 Å². The fraction of sp³-hybridized carbons (Fsp3) is 0.524. The van der Waals surface area contributed by atoms with Crippen molar-refractivity contribution in [3.63, 3.8) is 0 Å². The molecular formula is C21H32N2. The van der Waals surface area contributed by atoms with Gasteiger partial charge in [0, 0.05) is 11.4 Å². The lowest BCUT2D eigenvalue weighted by Gasteiger charge is -2.09. The second-order valence-electron chi connectivity index (χ2n) is 6.74. The van der Waals surface area contributed by atoms with Gasteiger partial charge in [-0.1, -0.05) is 64.4 Å². The Morgan fingerprint density at radius 2 is 1.35 bits per heavy atom.